The van der Waals surface area contributed by atoms with Gasteiger partial charge in [0.15, 0.2) is 17.5 Å². The van der Waals surface area contributed by atoms with Gasteiger partial charge >= 0.3 is 0 Å². The van der Waals surface area contributed by atoms with E-state index < -0.39 is 0 Å². The summed E-state index contributed by atoms with van der Waals surface area (Å²) in [6, 6.07) is 5.67. The van der Waals surface area contributed by atoms with E-state index in [0.29, 0.717) is 18.0 Å². The standard InChI is InChI=1S/C16H27N3O3/c1-5-17-16(18-10-7-11-22-6-2)19-13-8-9-14(20-3)15(12-13)21-4/h8-9,12H,5-7,10-11H2,1-4H3,(H2,17,18,19). The lowest BCUT2D eigenvalue weighted by Crippen LogP contribution is -2.30. The van der Waals surface area contributed by atoms with Gasteiger partial charge in [0.2, 0.25) is 0 Å². The molecular weight excluding hydrogens is 282 g/mol. The van der Waals surface area contributed by atoms with Gasteiger partial charge in [0.05, 0.1) is 14.2 Å². The number of nitrogens with one attached hydrogen (secondary N) is 2. The molecule has 124 valence electrons. The summed E-state index contributed by atoms with van der Waals surface area (Å²) < 4.78 is 15.8. The fourth-order valence-electron chi connectivity index (χ4n) is 1.86. The first kappa shape index (κ1) is 18.1. The van der Waals surface area contributed by atoms with Crippen LogP contribution >= 0.6 is 0 Å². The zero-order valence-electron chi connectivity index (χ0n) is 13.9. The maximum atomic E-state index is 5.31. The van der Waals surface area contributed by atoms with Crippen LogP contribution < -0.4 is 20.1 Å². The van der Waals surface area contributed by atoms with Crippen molar-refractivity contribution in [2.75, 3.05) is 45.8 Å². The number of ether oxygens (including phenoxy) is 3. The van der Waals surface area contributed by atoms with Crippen LogP contribution in [-0.4, -0.2) is 46.5 Å². The Hall–Kier alpha value is -1.95. The number of hydrogen-bond acceptors (Lipinski definition) is 4. The van der Waals surface area contributed by atoms with Gasteiger partial charge in [0.1, 0.15) is 0 Å². The highest BCUT2D eigenvalue weighted by Crippen LogP contribution is 2.29. The number of aliphatic imine (C=N–C) groups is 1. The van der Waals surface area contributed by atoms with Crippen molar-refractivity contribution in [3.05, 3.63) is 18.2 Å². The molecule has 6 heteroatoms. The van der Waals surface area contributed by atoms with Crippen molar-refractivity contribution in [1.29, 1.82) is 0 Å². The van der Waals surface area contributed by atoms with Gasteiger partial charge in [-0.05, 0) is 32.4 Å². The van der Waals surface area contributed by atoms with E-state index in [1.165, 1.54) is 0 Å². The molecule has 1 rings (SSSR count). The van der Waals surface area contributed by atoms with Gasteiger partial charge in [-0.3, -0.25) is 4.99 Å². The van der Waals surface area contributed by atoms with Crippen molar-refractivity contribution in [2.45, 2.75) is 20.3 Å². The highest BCUT2D eigenvalue weighted by atomic mass is 16.5. The number of benzene rings is 1. The second kappa shape index (κ2) is 10.7. The summed E-state index contributed by atoms with van der Waals surface area (Å²) in [6.45, 7) is 7.01. The summed E-state index contributed by atoms with van der Waals surface area (Å²) in [5.74, 6) is 2.12. The Bertz CT molecular complexity index is 464. The Labute approximate surface area is 132 Å². The third-order valence-electron chi connectivity index (χ3n) is 2.91. The smallest absolute Gasteiger partial charge is 0.195 e. The van der Waals surface area contributed by atoms with Crippen LogP contribution in [0.5, 0.6) is 11.5 Å². The number of nitrogens with zero attached hydrogens (tertiary/aromatic N) is 1. The molecule has 0 atom stereocenters. The van der Waals surface area contributed by atoms with Crippen molar-refractivity contribution in [3.8, 4) is 11.5 Å². The van der Waals surface area contributed by atoms with Crippen LogP contribution in [0.25, 0.3) is 0 Å². The summed E-state index contributed by atoms with van der Waals surface area (Å²) in [5.41, 5.74) is 0.891. The molecule has 0 unspecified atom stereocenters. The first-order chi connectivity index (χ1) is 10.7. The molecule has 0 aromatic heterocycles. The number of rotatable bonds is 9. The van der Waals surface area contributed by atoms with Crippen molar-refractivity contribution in [3.63, 3.8) is 0 Å². The molecular formula is C16H27N3O3. The van der Waals surface area contributed by atoms with Crippen molar-refractivity contribution in [2.24, 2.45) is 4.99 Å². The fourth-order valence-corrected chi connectivity index (χ4v) is 1.86. The van der Waals surface area contributed by atoms with Crippen LogP contribution in [0, 0.1) is 0 Å². The monoisotopic (exact) mass is 309 g/mol. The summed E-state index contributed by atoms with van der Waals surface area (Å²) in [6.07, 6.45) is 0.899. The van der Waals surface area contributed by atoms with Gasteiger partial charge in [-0.15, -0.1) is 0 Å². The zero-order chi connectivity index (χ0) is 16.2. The minimum absolute atomic E-state index is 0.680. The van der Waals surface area contributed by atoms with E-state index >= 15 is 0 Å². The Morgan fingerprint density at radius 2 is 1.91 bits per heavy atom. The molecule has 0 heterocycles. The molecule has 0 fully saturated rings. The Morgan fingerprint density at radius 3 is 2.55 bits per heavy atom. The Balaban J connectivity index is 2.67. The molecule has 0 aliphatic rings. The number of hydrogen-bond donors (Lipinski definition) is 2. The first-order valence-corrected chi connectivity index (χ1v) is 7.60. The largest absolute Gasteiger partial charge is 0.493 e. The highest BCUT2D eigenvalue weighted by molar-refractivity contribution is 5.93. The summed E-state index contributed by atoms with van der Waals surface area (Å²) in [7, 11) is 3.24. The van der Waals surface area contributed by atoms with Crippen LogP contribution in [0.3, 0.4) is 0 Å². The molecule has 6 nitrogen and oxygen atoms in total. The maximum Gasteiger partial charge on any atom is 0.195 e. The van der Waals surface area contributed by atoms with Gasteiger partial charge in [0.25, 0.3) is 0 Å². The average Bonchev–Trinajstić information content (AvgIpc) is 2.54. The molecule has 0 amide bonds. The van der Waals surface area contributed by atoms with E-state index in [1.807, 2.05) is 32.0 Å². The summed E-state index contributed by atoms with van der Waals surface area (Å²) in [5, 5.41) is 6.47. The number of methoxy groups -OCH3 is 2. The number of anilines is 1. The van der Waals surface area contributed by atoms with Crippen molar-refractivity contribution >= 4 is 11.6 Å². The molecule has 0 bridgehead atoms. The Kier molecular flexibility index (Phi) is 8.83. The normalized spacial score (nSPS) is 11.2. The predicted molar refractivity (Wildman–Crippen MR) is 90.3 cm³/mol. The SMILES string of the molecule is CCNC(=NCCCOCC)Nc1ccc(OC)c(OC)c1. The molecule has 0 aliphatic heterocycles. The van der Waals surface area contributed by atoms with E-state index in [0.717, 1.165) is 37.8 Å². The third-order valence-corrected chi connectivity index (χ3v) is 2.91. The summed E-state index contributed by atoms with van der Waals surface area (Å²) in [4.78, 5) is 4.52. The average molecular weight is 309 g/mol. The number of guanidine groups is 1. The third kappa shape index (κ3) is 6.22. The van der Waals surface area contributed by atoms with Crippen LogP contribution in [0.4, 0.5) is 5.69 Å². The highest BCUT2D eigenvalue weighted by Gasteiger charge is 2.06. The lowest BCUT2D eigenvalue weighted by molar-refractivity contribution is 0.146. The van der Waals surface area contributed by atoms with Crippen molar-refractivity contribution < 1.29 is 14.2 Å². The quantitative estimate of drug-likeness (QED) is 0.417. The van der Waals surface area contributed by atoms with Crippen LogP contribution in [-0.2, 0) is 4.74 Å². The second-order valence-electron chi connectivity index (χ2n) is 4.51. The molecule has 0 saturated heterocycles. The molecule has 0 saturated carbocycles. The Morgan fingerprint density at radius 1 is 1.14 bits per heavy atom. The molecule has 0 aliphatic carbocycles. The first-order valence-electron chi connectivity index (χ1n) is 7.60. The van der Waals surface area contributed by atoms with Crippen LogP contribution in [0.2, 0.25) is 0 Å². The van der Waals surface area contributed by atoms with Gasteiger partial charge in [-0.1, -0.05) is 0 Å². The molecule has 0 radical (unpaired) electrons. The lowest BCUT2D eigenvalue weighted by atomic mass is 10.3. The predicted octanol–water partition coefficient (Wildman–Crippen LogP) is 2.51. The van der Waals surface area contributed by atoms with E-state index in [9.17, 15) is 0 Å². The van der Waals surface area contributed by atoms with Gasteiger partial charge in [-0.2, -0.15) is 0 Å². The second-order valence-corrected chi connectivity index (χ2v) is 4.51. The fraction of sp³-hybridized carbons (Fsp3) is 0.562. The van der Waals surface area contributed by atoms with E-state index in [-0.39, 0.29) is 0 Å². The van der Waals surface area contributed by atoms with E-state index in [1.54, 1.807) is 14.2 Å². The van der Waals surface area contributed by atoms with Gasteiger partial charge < -0.3 is 24.8 Å². The van der Waals surface area contributed by atoms with E-state index in [4.69, 9.17) is 14.2 Å². The molecule has 1 aromatic carbocycles. The van der Waals surface area contributed by atoms with Crippen molar-refractivity contribution in [1.82, 2.24) is 5.32 Å². The van der Waals surface area contributed by atoms with Gasteiger partial charge in [-0.25, -0.2) is 0 Å². The molecule has 0 spiro atoms. The molecule has 1 aromatic rings. The molecule has 22 heavy (non-hydrogen) atoms. The maximum absolute atomic E-state index is 5.31. The van der Waals surface area contributed by atoms with E-state index in [2.05, 4.69) is 15.6 Å². The summed E-state index contributed by atoms with van der Waals surface area (Å²) >= 11 is 0. The van der Waals surface area contributed by atoms with Crippen LogP contribution in [0.1, 0.15) is 20.3 Å². The lowest BCUT2D eigenvalue weighted by Gasteiger charge is -2.13. The van der Waals surface area contributed by atoms with Gasteiger partial charge in [0, 0.05) is 38.1 Å². The topological polar surface area (TPSA) is 64.1 Å². The minimum atomic E-state index is 0.680. The zero-order valence-corrected chi connectivity index (χ0v) is 13.9. The minimum Gasteiger partial charge on any atom is -0.493 e. The van der Waals surface area contributed by atoms with Crippen LogP contribution in [0.15, 0.2) is 23.2 Å². The molecule has 2 N–H and O–H groups in total.